The van der Waals surface area contributed by atoms with E-state index in [1.54, 1.807) is 16.7 Å². The molecule has 1 unspecified atom stereocenters. The van der Waals surface area contributed by atoms with Crippen molar-refractivity contribution in [3.8, 4) is 12.3 Å². The molecule has 3 aliphatic rings. The predicted molar refractivity (Wildman–Crippen MR) is 178 cm³/mol. The quantitative estimate of drug-likeness (QED) is 0.154. The van der Waals surface area contributed by atoms with Crippen molar-refractivity contribution in [1.29, 1.82) is 0 Å². The molecule has 5 atom stereocenters. The molecule has 250 valence electrons. The number of hydrogen-bond acceptors (Lipinski definition) is 6. The van der Waals surface area contributed by atoms with Gasteiger partial charge in [-0.3, -0.25) is 19.2 Å². The van der Waals surface area contributed by atoms with Crippen LogP contribution in [0.3, 0.4) is 0 Å². The van der Waals surface area contributed by atoms with Gasteiger partial charge in [-0.15, -0.1) is 24.1 Å². The number of primary amides is 1. The summed E-state index contributed by atoms with van der Waals surface area (Å²) in [5.41, 5.74) is 3.98. The molecule has 1 aliphatic heterocycles. The Morgan fingerprint density at radius 2 is 1.72 bits per heavy atom. The number of thioether (sulfide) groups is 1. The highest BCUT2D eigenvalue weighted by atomic mass is 32.2. The zero-order valence-corrected chi connectivity index (χ0v) is 28.5. The standard InChI is InChI=1S/C35H49N5O5S/c1-7-8-17-24(27(41)29(36)42)37-30(43)26-25-23(34(25,5)6)20-40(26)31(44)28(33(2,3)4)38-32(45)39-35(18-13-10-14-19-35)21-46-22-15-11-9-12-16-22/h1,9,11-12,15-16,23-26,28H,8,10,13-14,17-21H2,2-6H3,(H2,36,42)(H,37,43)(H2,38,39,45)/t23-,24?,25-,26-,28+/m0/s1. The fourth-order valence-corrected chi connectivity index (χ4v) is 8.39. The molecule has 10 nitrogen and oxygen atoms in total. The Balaban J connectivity index is 1.52. The molecule has 4 rings (SSSR count). The summed E-state index contributed by atoms with van der Waals surface area (Å²) in [6.45, 7) is 10.1. The van der Waals surface area contributed by atoms with Gasteiger partial charge in [0.05, 0.1) is 11.6 Å². The average molecular weight is 652 g/mol. The Bertz CT molecular complexity index is 1360. The number of likely N-dealkylation sites (tertiary alicyclic amines) is 1. The predicted octanol–water partition coefficient (Wildman–Crippen LogP) is 3.63. The first-order valence-corrected chi connectivity index (χ1v) is 17.2. The normalized spacial score (nSPS) is 24.0. The molecule has 2 saturated carbocycles. The number of fused-ring (bicyclic) bond motifs is 1. The number of rotatable bonds is 12. The van der Waals surface area contributed by atoms with E-state index in [1.807, 2.05) is 39.0 Å². The van der Waals surface area contributed by atoms with Gasteiger partial charge < -0.3 is 26.6 Å². The Hall–Kier alpha value is -3.52. The zero-order valence-electron chi connectivity index (χ0n) is 27.7. The van der Waals surface area contributed by atoms with Crippen molar-refractivity contribution in [1.82, 2.24) is 20.9 Å². The molecule has 1 saturated heterocycles. The van der Waals surface area contributed by atoms with Gasteiger partial charge >= 0.3 is 6.03 Å². The smallest absolute Gasteiger partial charge is 0.315 e. The van der Waals surface area contributed by atoms with Gasteiger partial charge in [-0.05, 0) is 54.1 Å². The van der Waals surface area contributed by atoms with Crippen molar-refractivity contribution < 1.29 is 24.0 Å². The van der Waals surface area contributed by atoms with E-state index in [-0.39, 0.29) is 36.0 Å². The number of nitrogens with zero attached hydrogens (tertiary/aromatic N) is 1. The molecule has 0 bridgehead atoms. The lowest BCUT2D eigenvalue weighted by Crippen LogP contribution is -2.63. The molecular formula is C35H49N5O5S. The van der Waals surface area contributed by atoms with Gasteiger partial charge in [0.25, 0.3) is 5.91 Å². The number of nitrogens with one attached hydrogen (secondary N) is 3. The zero-order chi connectivity index (χ0) is 33.9. The third kappa shape index (κ3) is 7.88. The molecule has 2 aliphatic carbocycles. The number of carbonyl (C=O) groups excluding carboxylic acids is 5. The number of nitrogens with two attached hydrogens (primary N) is 1. The number of urea groups is 1. The van der Waals surface area contributed by atoms with E-state index in [0.717, 1.165) is 42.8 Å². The van der Waals surface area contributed by atoms with Gasteiger partial charge in [-0.2, -0.15) is 0 Å². The second kappa shape index (κ2) is 14.1. The average Bonchev–Trinajstić information content (AvgIpc) is 3.32. The largest absolute Gasteiger partial charge is 0.363 e. The highest BCUT2D eigenvalue weighted by molar-refractivity contribution is 7.99. The van der Waals surface area contributed by atoms with Gasteiger partial charge in [-0.1, -0.05) is 72.1 Å². The second-order valence-corrected chi connectivity index (χ2v) is 15.8. The summed E-state index contributed by atoms with van der Waals surface area (Å²) in [4.78, 5) is 68.7. The van der Waals surface area contributed by atoms with E-state index in [2.05, 4.69) is 47.9 Å². The fraction of sp³-hybridized carbons (Fsp3) is 0.629. The monoisotopic (exact) mass is 651 g/mol. The summed E-state index contributed by atoms with van der Waals surface area (Å²) in [6.07, 6.45) is 10.4. The molecule has 3 fully saturated rings. The minimum Gasteiger partial charge on any atom is -0.363 e. The Kier molecular flexibility index (Phi) is 10.8. The van der Waals surface area contributed by atoms with Crippen LogP contribution in [0.1, 0.15) is 79.6 Å². The molecular weight excluding hydrogens is 602 g/mol. The number of hydrogen-bond donors (Lipinski definition) is 4. The van der Waals surface area contributed by atoms with Gasteiger partial charge in [0.1, 0.15) is 12.1 Å². The number of amides is 5. The van der Waals surface area contributed by atoms with E-state index in [9.17, 15) is 24.0 Å². The number of ketones is 1. The number of Topliss-reactive ketones (excluding diaryl/α,β-unsaturated/α-hetero) is 1. The van der Waals surface area contributed by atoms with Crippen molar-refractivity contribution in [2.75, 3.05) is 12.3 Å². The van der Waals surface area contributed by atoms with Crippen LogP contribution in [0.25, 0.3) is 0 Å². The molecule has 1 heterocycles. The lowest BCUT2D eigenvalue weighted by atomic mass is 9.83. The topological polar surface area (TPSA) is 151 Å². The van der Waals surface area contributed by atoms with E-state index < -0.39 is 52.7 Å². The van der Waals surface area contributed by atoms with Crippen molar-refractivity contribution in [2.24, 2.45) is 28.4 Å². The summed E-state index contributed by atoms with van der Waals surface area (Å²) in [6, 6.07) is 6.72. The minimum absolute atomic E-state index is 0.0544. The van der Waals surface area contributed by atoms with Crippen LogP contribution in [-0.2, 0) is 19.2 Å². The van der Waals surface area contributed by atoms with Gasteiger partial charge in [0.2, 0.25) is 17.6 Å². The first-order chi connectivity index (χ1) is 21.6. The van der Waals surface area contributed by atoms with Crippen molar-refractivity contribution in [3.63, 3.8) is 0 Å². The van der Waals surface area contributed by atoms with Crippen LogP contribution in [0.5, 0.6) is 0 Å². The van der Waals surface area contributed by atoms with E-state index >= 15 is 0 Å². The minimum atomic E-state index is -1.18. The molecule has 11 heteroatoms. The number of terminal acetylenes is 1. The van der Waals surface area contributed by atoms with Gasteiger partial charge in [-0.25, -0.2) is 4.79 Å². The molecule has 46 heavy (non-hydrogen) atoms. The summed E-state index contributed by atoms with van der Waals surface area (Å²) < 4.78 is 0. The summed E-state index contributed by atoms with van der Waals surface area (Å²) in [5, 5.41) is 8.94. The Labute approximate surface area is 277 Å². The third-order valence-corrected chi connectivity index (χ3v) is 11.4. The van der Waals surface area contributed by atoms with E-state index in [4.69, 9.17) is 12.2 Å². The van der Waals surface area contributed by atoms with Crippen molar-refractivity contribution in [2.45, 2.75) is 108 Å². The highest BCUT2D eigenvalue weighted by Crippen LogP contribution is 2.65. The maximum atomic E-state index is 14.3. The van der Waals surface area contributed by atoms with Gasteiger partial charge in [0, 0.05) is 23.6 Å². The maximum Gasteiger partial charge on any atom is 0.315 e. The molecule has 5 N–H and O–H groups in total. The molecule has 1 aromatic carbocycles. The highest BCUT2D eigenvalue weighted by Gasteiger charge is 2.70. The second-order valence-electron chi connectivity index (χ2n) is 14.8. The Morgan fingerprint density at radius 1 is 1.07 bits per heavy atom. The van der Waals surface area contributed by atoms with Crippen LogP contribution in [0.4, 0.5) is 4.79 Å². The fourth-order valence-electron chi connectivity index (χ4n) is 7.23. The van der Waals surface area contributed by atoms with Crippen LogP contribution < -0.4 is 21.7 Å². The van der Waals surface area contributed by atoms with Crippen LogP contribution in [0.2, 0.25) is 0 Å². The summed E-state index contributed by atoms with van der Waals surface area (Å²) in [5.74, 6) is 0.109. The number of piperidine rings is 1. The van der Waals surface area contributed by atoms with Crippen LogP contribution in [0, 0.1) is 35.0 Å². The van der Waals surface area contributed by atoms with Crippen LogP contribution >= 0.6 is 11.8 Å². The number of carbonyl (C=O) groups is 5. The SMILES string of the molecule is C#CCCC(NC(=O)[C@@H]1[C@@H]2[C@H](CN1C(=O)[C@@H](NC(=O)NC1(CSc3ccccc3)CCCCC1)C(C)(C)C)C2(C)C)C(=O)C(N)=O. The summed E-state index contributed by atoms with van der Waals surface area (Å²) >= 11 is 1.71. The first-order valence-electron chi connectivity index (χ1n) is 16.3. The lowest BCUT2D eigenvalue weighted by molar-refractivity contribution is -0.145. The maximum absolute atomic E-state index is 14.3. The number of benzene rings is 1. The van der Waals surface area contributed by atoms with Crippen molar-refractivity contribution >= 4 is 41.3 Å². The van der Waals surface area contributed by atoms with E-state index in [1.165, 1.54) is 0 Å². The molecule has 0 spiro atoms. The summed E-state index contributed by atoms with van der Waals surface area (Å²) in [7, 11) is 0. The molecule has 1 aromatic rings. The first kappa shape index (κ1) is 35.3. The molecule has 5 amide bonds. The van der Waals surface area contributed by atoms with E-state index in [0.29, 0.717) is 6.54 Å². The third-order valence-electron chi connectivity index (χ3n) is 10.0. The van der Waals surface area contributed by atoms with Crippen LogP contribution in [0.15, 0.2) is 35.2 Å². The van der Waals surface area contributed by atoms with Crippen LogP contribution in [-0.4, -0.2) is 70.4 Å². The molecule has 0 aromatic heterocycles. The Morgan fingerprint density at radius 3 is 2.30 bits per heavy atom. The molecule has 0 radical (unpaired) electrons. The van der Waals surface area contributed by atoms with Gasteiger partial charge in [0.15, 0.2) is 0 Å². The van der Waals surface area contributed by atoms with Crippen molar-refractivity contribution in [3.05, 3.63) is 30.3 Å². The lowest BCUT2D eigenvalue weighted by Gasteiger charge is -2.40.